The molecule has 0 aromatic rings. The highest BCUT2D eigenvalue weighted by Gasteiger charge is 2.27. The highest BCUT2D eigenvalue weighted by atomic mass is 16.5. The van der Waals surface area contributed by atoms with Crippen LogP contribution >= 0.6 is 0 Å². The monoisotopic (exact) mass is 171 g/mol. The van der Waals surface area contributed by atoms with Gasteiger partial charge in [0.05, 0.1) is 6.61 Å². The molecular weight excluding hydrogens is 154 g/mol. The predicted octanol–water partition coefficient (Wildman–Crippen LogP) is 1.07. The number of carbonyl (C=O) groups is 1. The van der Waals surface area contributed by atoms with Crippen molar-refractivity contribution >= 4 is 5.97 Å². The average Bonchev–Trinajstić information content (AvgIpc) is 2.55. The Morgan fingerprint density at radius 2 is 2.17 bits per heavy atom. The van der Waals surface area contributed by atoms with Gasteiger partial charge in [-0.3, -0.25) is 4.79 Å². The fourth-order valence-electron chi connectivity index (χ4n) is 1.75. The molecule has 0 aliphatic heterocycles. The van der Waals surface area contributed by atoms with Crippen LogP contribution in [0.5, 0.6) is 0 Å². The van der Waals surface area contributed by atoms with Crippen LogP contribution in [0.3, 0.4) is 0 Å². The van der Waals surface area contributed by atoms with Gasteiger partial charge in [-0.05, 0) is 25.7 Å². The maximum Gasteiger partial charge on any atom is 0.323 e. The Balaban J connectivity index is 2.34. The minimum Gasteiger partial charge on any atom is -0.465 e. The number of rotatable bonds is 3. The lowest BCUT2D eigenvalue weighted by Gasteiger charge is -2.16. The first kappa shape index (κ1) is 9.52. The zero-order valence-corrected chi connectivity index (χ0v) is 7.58. The Hall–Kier alpha value is -0.570. The molecule has 2 N–H and O–H groups in total. The molecule has 3 nitrogen and oxygen atoms in total. The van der Waals surface area contributed by atoms with Crippen LogP contribution in [0, 0.1) is 5.92 Å². The molecule has 0 bridgehead atoms. The van der Waals surface area contributed by atoms with Crippen molar-refractivity contribution in [3.63, 3.8) is 0 Å². The average molecular weight is 171 g/mol. The summed E-state index contributed by atoms with van der Waals surface area (Å²) in [4.78, 5) is 11.2. The number of hydrogen-bond acceptors (Lipinski definition) is 3. The van der Waals surface area contributed by atoms with E-state index in [0.717, 1.165) is 12.8 Å². The molecule has 3 heteroatoms. The van der Waals surface area contributed by atoms with Crippen LogP contribution in [0.25, 0.3) is 0 Å². The lowest BCUT2D eigenvalue weighted by Crippen LogP contribution is -2.38. The van der Waals surface area contributed by atoms with Crippen molar-refractivity contribution in [1.82, 2.24) is 0 Å². The summed E-state index contributed by atoms with van der Waals surface area (Å²) in [5, 5.41) is 0. The van der Waals surface area contributed by atoms with Gasteiger partial charge in [0.2, 0.25) is 0 Å². The van der Waals surface area contributed by atoms with E-state index in [9.17, 15) is 4.79 Å². The third-order valence-electron chi connectivity index (χ3n) is 2.47. The number of hydrogen-bond donors (Lipinski definition) is 1. The van der Waals surface area contributed by atoms with Gasteiger partial charge in [0.15, 0.2) is 0 Å². The van der Waals surface area contributed by atoms with Crippen molar-refractivity contribution in [2.75, 3.05) is 6.61 Å². The van der Waals surface area contributed by atoms with Crippen LogP contribution in [0.15, 0.2) is 0 Å². The molecule has 0 saturated heterocycles. The summed E-state index contributed by atoms with van der Waals surface area (Å²) < 4.78 is 4.85. The van der Waals surface area contributed by atoms with E-state index in [1.54, 1.807) is 6.92 Å². The quantitative estimate of drug-likeness (QED) is 0.646. The second-order valence-corrected chi connectivity index (χ2v) is 3.32. The first-order chi connectivity index (χ1) is 5.75. The van der Waals surface area contributed by atoms with Crippen molar-refractivity contribution in [3.05, 3.63) is 0 Å². The van der Waals surface area contributed by atoms with Gasteiger partial charge in [0.1, 0.15) is 6.04 Å². The van der Waals surface area contributed by atoms with Crippen LogP contribution in [-0.4, -0.2) is 18.6 Å². The SMILES string of the molecule is CCOC(=O)[C@H](N)C1CCCC1. The normalized spacial score (nSPS) is 20.8. The topological polar surface area (TPSA) is 52.3 Å². The second kappa shape index (κ2) is 4.45. The maximum atomic E-state index is 11.2. The number of carbonyl (C=O) groups excluding carboxylic acids is 1. The van der Waals surface area contributed by atoms with Crippen LogP contribution in [0.4, 0.5) is 0 Å². The van der Waals surface area contributed by atoms with Crippen LogP contribution in [-0.2, 0) is 9.53 Å². The molecule has 0 aromatic carbocycles. The molecule has 0 unspecified atom stereocenters. The predicted molar refractivity (Wildman–Crippen MR) is 46.6 cm³/mol. The maximum absolute atomic E-state index is 11.2. The first-order valence-corrected chi connectivity index (χ1v) is 4.68. The van der Waals surface area contributed by atoms with Gasteiger partial charge in [-0.1, -0.05) is 12.8 Å². The highest BCUT2D eigenvalue weighted by molar-refractivity contribution is 5.75. The number of esters is 1. The van der Waals surface area contributed by atoms with Crippen molar-refractivity contribution in [2.24, 2.45) is 11.7 Å². The Morgan fingerprint density at radius 3 is 2.67 bits per heavy atom. The lowest BCUT2D eigenvalue weighted by atomic mass is 9.99. The summed E-state index contributed by atoms with van der Waals surface area (Å²) in [6.07, 6.45) is 4.58. The summed E-state index contributed by atoms with van der Waals surface area (Å²) in [6, 6.07) is -0.382. The van der Waals surface area contributed by atoms with Gasteiger partial charge in [0.25, 0.3) is 0 Å². The van der Waals surface area contributed by atoms with Crippen molar-refractivity contribution in [1.29, 1.82) is 0 Å². The summed E-state index contributed by atoms with van der Waals surface area (Å²) in [7, 11) is 0. The molecule has 70 valence electrons. The molecule has 0 heterocycles. The largest absolute Gasteiger partial charge is 0.465 e. The minimum atomic E-state index is -0.382. The zero-order chi connectivity index (χ0) is 8.97. The van der Waals surface area contributed by atoms with Crippen molar-refractivity contribution in [3.8, 4) is 0 Å². The van der Waals surface area contributed by atoms with E-state index in [1.165, 1.54) is 12.8 Å². The number of nitrogens with two attached hydrogens (primary N) is 1. The summed E-state index contributed by atoms with van der Waals surface area (Å²) in [6.45, 7) is 2.23. The number of ether oxygens (including phenoxy) is 1. The zero-order valence-electron chi connectivity index (χ0n) is 7.58. The van der Waals surface area contributed by atoms with E-state index in [4.69, 9.17) is 10.5 Å². The van der Waals surface area contributed by atoms with Gasteiger partial charge < -0.3 is 10.5 Å². The smallest absolute Gasteiger partial charge is 0.323 e. The molecule has 1 aliphatic rings. The van der Waals surface area contributed by atoms with Crippen LogP contribution < -0.4 is 5.73 Å². The van der Waals surface area contributed by atoms with E-state index < -0.39 is 0 Å². The fourth-order valence-corrected chi connectivity index (χ4v) is 1.75. The molecule has 0 spiro atoms. The molecular formula is C9H17NO2. The van der Waals surface area contributed by atoms with Crippen LogP contribution in [0.1, 0.15) is 32.6 Å². The van der Waals surface area contributed by atoms with Crippen molar-refractivity contribution < 1.29 is 9.53 Å². The third kappa shape index (κ3) is 2.21. The minimum absolute atomic E-state index is 0.232. The highest BCUT2D eigenvalue weighted by Crippen LogP contribution is 2.27. The van der Waals surface area contributed by atoms with Crippen molar-refractivity contribution in [2.45, 2.75) is 38.6 Å². The summed E-state index contributed by atoms with van der Waals surface area (Å²) >= 11 is 0. The van der Waals surface area contributed by atoms with Gasteiger partial charge in [-0.2, -0.15) is 0 Å². The van der Waals surface area contributed by atoms with Gasteiger partial charge in [0, 0.05) is 0 Å². The molecule has 1 rings (SSSR count). The third-order valence-corrected chi connectivity index (χ3v) is 2.47. The van der Waals surface area contributed by atoms with Gasteiger partial charge >= 0.3 is 5.97 Å². The van der Waals surface area contributed by atoms with Gasteiger partial charge in [-0.25, -0.2) is 0 Å². The van der Waals surface area contributed by atoms with E-state index in [1.807, 2.05) is 0 Å². The standard InChI is InChI=1S/C9H17NO2/c1-2-12-9(11)8(10)7-5-3-4-6-7/h7-8H,2-6,10H2,1H3/t8-/m1/s1. The summed E-state index contributed by atoms with van der Waals surface area (Å²) in [5.74, 6) is 0.133. The first-order valence-electron chi connectivity index (χ1n) is 4.68. The molecule has 0 radical (unpaired) electrons. The second-order valence-electron chi connectivity index (χ2n) is 3.32. The molecule has 1 aliphatic carbocycles. The fraction of sp³-hybridized carbons (Fsp3) is 0.889. The molecule has 1 fully saturated rings. The van der Waals surface area contributed by atoms with E-state index >= 15 is 0 Å². The van der Waals surface area contributed by atoms with Crippen LogP contribution in [0.2, 0.25) is 0 Å². The molecule has 1 saturated carbocycles. The summed E-state index contributed by atoms with van der Waals surface area (Å²) in [5.41, 5.74) is 5.73. The van der Waals surface area contributed by atoms with E-state index in [-0.39, 0.29) is 12.0 Å². The Bertz CT molecular complexity index is 153. The van der Waals surface area contributed by atoms with Gasteiger partial charge in [-0.15, -0.1) is 0 Å². The Labute approximate surface area is 73.3 Å². The lowest BCUT2D eigenvalue weighted by molar-refractivity contribution is -0.146. The molecule has 0 aromatic heterocycles. The Morgan fingerprint density at radius 1 is 1.58 bits per heavy atom. The molecule has 0 amide bonds. The molecule has 1 atom stereocenters. The Kier molecular flexibility index (Phi) is 3.53. The molecule has 12 heavy (non-hydrogen) atoms. The van der Waals surface area contributed by atoms with E-state index in [2.05, 4.69) is 0 Å². The van der Waals surface area contributed by atoms with E-state index in [0.29, 0.717) is 12.5 Å².